The van der Waals surface area contributed by atoms with E-state index in [0.717, 1.165) is 18.4 Å². The fraction of sp³-hybridized carbons (Fsp3) is 0.464. The third-order valence-corrected chi connectivity index (χ3v) is 7.20. The highest BCUT2D eigenvalue weighted by Crippen LogP contribution is 2.41. The van der Waals surface area contributed by atoms with Crippen molar-refractivity contribution in [2.45, 2.75) is 58.0 Å². The molecule has 0 bridgehead atoms. The number of nitrogens with zero attached hydrogens (tertiary/aromatic N) is 2. The predicted octanol–water partition coefficient (Wildman–Crippen LogP) is 5.82. The zero-order valence-electron chi connectivity index (χ0n) is 20.9. The van der Waals surface area contributed by atoms with Gasteiger partial charge in [0.25, 0.3) is 0 Å². The van der Waals surface area contributed by atoms with Gasteiger partial charge in [-0.25, -0.2) is 14.5 Å². The van der Waals surface area contributed by atoms with Crippen LogP contribution in [0, 0.1) is 11.3 Å². The molecule has 2 aliphatic rings. The molecule has 1 heterocycles. The van der Waals surface area contributed by atoms with Crippen molar-refractivity contribution in [3.05, 3.63) is 70.7 Å². The van der Waals surface area contributed by atoms with Crippen molar-refractivity contribution >= 4 is 29.7 Å². The lowest BCUT2D eigenvalue weighted by molar-refractivity contribution is -0.133. The van der Waals surface area contributed by atoms with Crippen molar-refractivity contribution in [1.82, 2.24) is 9.80 Å². The van der Waals surface area contributed by atoms with Gasteiger partial charge in [-0.2, -0.15) is 0 Å². The number of hydrogen-bond donors (Lipinski definition) is 1. The number of halogens is 1. The topological polar surface area (TPSA) is 87.2 Å². The molecule has 0 radical (unpaired) electrons. The molecule has 7 nitrogen and oxygen atoms in total. The van der Waals surface area contributed by atoms with Gasteiger partial charge >= 0.3 is 12.2 Å². The Balaban J connectivity index is 1.77. The molecule has 8 heteroatoms. The quantitative estimate of drug-likeness (QED) is 0.481. The molecule has 1 saturated carbocycles. The van der Waals surface area contributed by atoms with E-state index in [2.05, 4.69) is 0 Å². The number of cyclic esters (lactones) is 1. The summed E-state index contributed by atoms with van der Waals surface area (Å²) in [5.41, 5.74) is 0.991. The van der Waals surface area contributed by atoms with Gasteiger partial charge in [0, 0.05) is 11.6 Å². The van der Waals surface area contributed by atoms with Gasteiger partial charge in [-0.3, -0.25) is 4.79 Å². The highest BCUT2D eigenvalue weighted by molar-refractivity contribution is 6.30. The van der Waals surface area contributed by atoms with Gasteiger partial charge < -0.3 is 14.7 Å². The van der Waals surface area contributed by atoms with Gasteiger partial charge in [0.05, 0.1) is 18.0 Å². The van der Waals surface area contributed by atoms with E-state index in [4.69, 9.17) is 16.3 Å². The second-order valence-electron chi connectivity index (χ2n) is 10.8. The highest BCUT2D eigenvalue weighted by atomic mass is 35.5. The van der Waals surface area contributed by atoms with Crippen LogP contribution in [0.15, 0.2) is 54.6 Å². The van der Waals surface area contributed by atoms with Crippen LogP contribution in [0.25, 0.3) is 0 Å². The van der Waals surface area contributed by atoms with E-state index in [9.17, 15) is 19.5 Å². The Morgan fingerprint density at radius 3 is 2.31 bits per heavy atom. The van der Waals surface area contributed by atoms with Gasteiger partial charge in [-0.1, -0.05) is 74.8 Å². The molecule has 2 fully saturated rings. The van der Waals surface area contributed by atoms with Crippen molar-refractivity contribution in [1.29, 1.82) is 0 Å². The number of ether oxygens (including phenoxy) is 1. The summed E-state index contributed by atoms with van der Waals surface area (Å²) in [4.78, 5) is 42.4. The standard InChI is InChI=1S/C28H33ClN2O5/c1-28(2,3)24(30(26(33)34)16-19-9-10-19)23(20-11-13-21(29)14-12-20)25(32)31-22(17-36-27(31)35)15-18-7-5-4-6-8-18/h4-8,11-14,19,22-24H,9-10,15-17H2,1-3H3,(H,33,34)/t22-,23?,24+/m1/s1. The minimum absolute atomic E-state index is 0.0949. The summed E-state index contributed by atoms with van der Waals surface area (Å²) in [7, 11) is 0. The van der Waals surface area contributed by atoms with E-state index < -0.39 is 41.5 Å². The third kappa shape index (κ3) is 5.84. The van der Waals surface area contributed by atoms with Crippen LogP contribution in [-0.4, -0.2) is 58.2 Å². The van der Waals surface area contributed by atoms with Gasteiger partial charge in [-0.15, -0.1) is 0 Å². The van der Waals surface area contributed by atoms with E-state index in [1.807, 2.05) is 51.1 Å². The van der Waals surface area contributed by atoms with Crippen LogP contribution >= 0.6 is 11.6 Å². The van der Waals surface area contributed by atoms with E-state index in [-0.39, 0.29) is 12.5 Å². The first-order valence-electron chi connectivity index (χ1n) is 12.3. The first-order chi connectivity index (χ1) is 17.1. The lowest BCUT2D eigenvalue weighted by Crippen LogP contribution is -2.56. The van der Waals surface area contributed by atoms with Gasteiger partial charge in [0.15, 0.2) is 0 Å². The number of carboxylic acid groups (broad SMARTS) is 1. The van der Waals surface area contributed by atoms with E-state index in [0.29, 0.717) is 23.6 Å². The summed E-state index contributed by atoms with van der Waals surface area (Å²) >= 11 is 6.15. The molecule has 192 valence electrons. The molecule has 2 aromatic carbocycles. The summed E-state index contributed by atoms with van der Waals surface area (Å²) in [5, 5.41) is 10.8. The number of carbonyl (C=O) groups is 3. The smallest absolute Gasteiger partial charge is 0.417 e. The van der Waals surface area contributed by atoms with Gasteiger partial charge in [-0.05, 0) is 53.9 Å². The molecule has 4 rings (SSSR count). The predicted molar refractivity (Wildman–Crippen MR) is 137 cm³/mol. The Labute approximate surface area is 217 Å². The van der Waals surface area contributed by atoms with Crippen molar-refractivity contribution < 1.29 is 24.2 Å². The Bertz CT molecular complexity index is 1100. The largest absolute Gasteiger partial charge is 0.465 e. The molecule has 0 aromatic heterocycles. The van der Waals surface area contributed by atoms with Crippen LogP contribution in [0.4, 0.5) is 9.59 Å². The fourth-order valence-electron chi connectivity index (χ4n) is 5.08. The summed E-state index contributed by atoms with van der Waals surface area (Å²) in [6.45, 7) is 6.24. The Kier molecular flexibility index (Phi) is 7.59. The molecule has 1 N–H and O–H groups in total. The maximum Gasteiger partial charge on any atom is 0.417 e. The Hall–Kier alpha value is -3.06. The van der Waals surface area contributed by atoms with Crippen LogP contribution in [-0.2, 0) is 16.0 Å². The van der Waals surface area contributed by atoms with Crippen LogP contribution < -0.4 is 0 Å². The molecular formula is C28H33ClN2O5. The fourth-order valence-corrected chi connectivity index (χ4v) is 5.21. The first kappa shape index (κ1) is 26.0. The van der Waals surface area contributed by atoms with Crippen LogP contribution in [0.2, 0.25) is 5.02 Å². The molecular weight excluding hydrogens is 480 g/mol. The number of carbonyl (C=O) groups excluding carboxylic acids is 2. The lowest BCUT2D eigenvalue weighted by Gasteiger charge is -2.44. The second kappa shape index (κ2) is 10.5. The second-order valence-corrected chi connectivity index (χ2v) is 11.3. The summed E-state index contributed by atoms with van der Waals surface area (Å²) < 4.78 is 5.34. The monoisotopic (exact) mass is 512 g/mol. The molecule has 1 saturated heterocycles. The first-order valence-corrected chi connectivity index (χ1v) is 12.7. The van der Waals surface area contributed by atoms with E-state index in [1.54, 1.807) is 24.3 Å². The SMILES string of the molecule is CC(C)(C)[C@H](C(C(=O)N1C(=O)OC[C@H]1Cc1ccccc1)c1ccc(Cl)cc1)N(CC1CC1)C(=O)O. The molecule has 0 spiro atoms. The van der Waals surface area contributed by atoms with Crippen LogP contribution in [0.5, 0.6) is 0 Å². The zero-order chi connectivity index (χ0) is 26.0. The summed E-state index contributed by atoms with van der Waals surface area (Å²) in [6, 6.07) is 15.3. The van der Waals surface area contributed by atoms with Gasteiger partial charge in [0.2, 0.25) is 5.91 Å². The van der Waals surface area contributed by atoms with Crippen LogP contribution in [0.3, 0.4) is 0 Å². The molecule has 3 atom stereocenters. The molecule has 36 heavy (non-hydrogen) atoms. The number of rotatable bonds is 8. The van der Waals surface area contributed by atoms with Crippen LogP contribution in [0.1, 0.15) is 50.7 Å². The van der Waals surface area contributed by atoms with E-state index in [1.165, 1.54) is 9.80 Å². The molecule has 1 aliphatic heterocycles. The number of hydrogen-bond acceptors (Lipinski definition) is 4. The minimum Gasteiger partial charge on any atom is -0.465 e. The Morgan fingerprint density at radius 2 is 1.75 bits per heavy atom. The number of imide groups is 1. The average molecular weight is 513 g/mol. The molecule has 2 aromatic rings. The van der Waals surface area contributed by atoms with Crippen molar-refractivity contribution in [3.8, 4) is 0 Å². The van der Waals surface area contributed by atoms with Gasteiger partial charge in [0.1, 0.15) is 6.61 Å². The maximum absolute atomic E-state index is 14.3. The van der Waals surface area contributed by atoms with Crippen molar-refractivity contribution in [2.75, 3.05) is 13.2 Å². The highest BCUT2D eigenvalue weighted by Gasteiger charge is 2.49. The molecule has 1 aliphatic carbocycles. The number of amides is 3. The maximum atomic E-state index is 14.3. The lowest BCUT2D eigenvalue weighted by atomic mass is 9.74. The Morgan fingerprint density at radius 1 is 1.11 bits per heavy atom. The third-order valence-electron chi connectivity index (χ3n) is 6.94. The minimum atomic E-state index is -1.07. The summed E-state index contributed by atoms with van der Waals surface area (Å²) in [6.07, 6.45) is 0.627. The molecule has 3 amide bonds. The van der Waals surface area contributed by atoms with Crippen molar-refractivity contribution in [2.24, 2.45) is 11.3 Å². The molecule has 1 unspecified atom stereocenters. The average Bonchev–Trinajstić information content (AvgIpc) is 3.57. The van der Waals surface area contributed by atoms with Crippen molar-refractivity contribution in [3.63, 3.8) is 0 Å². The van der Waals surface area contributed by atoms with E-state index >= 15 is 0 Å². The summed E-state index contributed by atoms with van der Waals surface area (Å²) in [5.74, 6) is -1.08. The normalized spacial score (nSPS) is 19.5. The zero-order valence-corrected chi connectivity index (χ0v) is 21.6. The number of benzene rings is 2.